The Morgan fingerprint density at radius 3 is 2.88 bits per heavy atom. The lowest BCUT2D eigenvalue weighted by molar-refractivity contribution is 0.472. The van der Waals surface area contributed by atoms with E-state index in [1.54, 1.807) is 6.07 Å². The molecule has 0 fully saturated rings. The zero-order chi connectivity index (χ0) is 11.4. The Balaban J connectivity index is 2.13. The lowest BCUT2D eigenvalue weighted by Crippen LogP contribution is -2.04. The average molecular weight is 217 g/mol. The molecule has 0 spiro atoms. The van der Waals surface area contributed by atoms with E-state index in [4.69, 9.17) is 5.11 Å². The van der Waals surface area contributed by atoms with Crippen molar-refractivity contribution in [1.82, 2.24) is 14.5 Å². The van der Waals surface area contributed by atoms with Crippen molar-refractivity contribution in [2.75, 3.05) is 0 Å². The van der Waals surface area contributed by atoms with Crippen molar-refractivity contribution in [2.45, 2.75) is 26.3 Å². The van der Waals surface area contributed by atoms with Gasteiger partial charge in [0.1, 0.15) is 11.6 Å². The lowest BCUT2D eigenvalue weighted by Gasteiger charge is -2.05. The van der Waals surface area contributed by atoms with Gasteiger partial charge in [-0.1, -0.05) is 6.92 Å². The van der Waals surface area contributed by atoms with Crippen molar-refractivity contribution in [3.05, 3.63) is 42.2 Å². The summed E-state index contributed by atoms with van der Waals surface area (Å²) in [5, 5.41) is 9.14. The summed E-state index contributed by atoms with van der Waals surface area (Å²) >= 11 is 0. The monoisotopic (exact) mass is 217 g/mol. The minimum atomic E-state index is 0.195. The van der Waals surface area contributed by atoms with Gasteiger partial charge in [-0.25, -0.2) is 4.98 Å². The van der Waals surface area contributed by atoms with Gasteiger partial charge in [-0.2, -0.15) is 0 Å². The molecule has 0 atom stereocenters. The predicted octanol–water partition coefficient (Wildman–Crippen LogP) is 1.98. The smallest absolute Gasteiger partial charge is 0.133 e. The van der Waals surface area contributed by atoms with Crippen LogP contribution in [0.5, 0.6) is 5.75 Å². The Labute approximate surface area is 94.6 Å². The lowest BCUT2D eigenvalue weighted by atomic mass is 10.2. The van der Waals surface area contributed by atoms with E-state index in [2.05, 4.69) is 21.5 Å². The molecule has 4 nitrogen and oxygen atoms in total. The number of aromatic nitrogens is 3. The highest BCUT2D eigenvalue weighted by atomic mass is 16.3. The van der Waals surface area contributed by atoms with Gasteiger partial charge in [-0.3, -0.25) is 4.98 Å². The second-order valence-electron chi connectivity index (χ2n) is 3.72. The van der Waals surface area contributed by atoms with Gasteiger partial charge in [0.05, 0.1) is 6.20 Å². The molecule has 2 heterocycles. The van der Waals surface area contributed by atoms with Crippen LogP contribution in [0, 0.1) is 0 Å². The van der Waals surface area contributed by atoms with Crippen molar-refractivity contribution in [1.29, 1.82) is 0 Å². The fourth-order valence-corrected chi connectivity index (χ4v) is 1.63. The third-order valence-corrected chi connectivity index (χ3v) is 2.41. The number of aromatic hydroxyl groups is 1. The number of nitrogens with zero attached hydrogens (tertiary/aromatic N) is 3. The summed E-state index contributed by atoms with van der Waals surface area (Å²) in [7, 11) is 0. The highest BCUT2D eigenvalue weighted by Crippen LogP contribution is 2.10. The van der Waals surface area contributed by atoms with Crippen molar-refractivity contribution in [2.24, 2.45) is 0 Å². The van der Waals surface area contributed by atoms with E-state index in [0.29, 0.717) is 6.42 Å². The van der Waals surface area contributed by atoms with Crippen molar-refractivity contribution in [3.8, 4) is 5.75 Å². The van der Waals surface area contributed by atoms with Crippen LogP contribution in [-0.4, -0.2) is 19.6 Å². The molecule has 0 saturated heterocycles. The van der Waals surface area contributed by atoms with Gasteiger partial charge in [-0.05, 0) is 18.6 Å². The minimum Gasteiger partial charge on any atom is -0.506 e. The maximum Gasteiger partial charge on any atom is 0.133 e. The van der Waals surface area contributed by atoms with E-state index in [0.717, 1.165) is 24.5 Å². The number of hydrogen-bond donors (Lipinski definition) is 1. The van der Waals surface area contributed by atoms with Crippen LogP contribution in [0.15, 0.2) is 30.7 Å². The molecule has 84 valence electrons. The fraction of sp³-hybridized carbons (Fsp3) is 0.333. The Bertz CT molecular complexity index is 448. The summed E-state index contributed by atoms with van der Waals surface area (Å²) in [5.41, 5.74) is 0.918. The summed E-state index contributed by atoms with van der Waals surface area (Å²) in [6.07, 6.45) is 7.05. The molecule has 2 aromatic rings. The van der Waals surface area contributed by atoms with Gasteiger partial charge < -0.3 is 9.67 Å². The van der Waals surface area contributed by atoms with Crippen LogP contribution in [0.3, 0.4) is 0 Å². The Hall–Kier alpha value is -1.84. The molecule has 0 bridgehead atoms. The number of aryl methyl sites for hydroxylation is 1. The Kier molecular flexibility index (Phi) is 3.19. The molecule has 0 aromatic carbocycles. The highest BCUT2D eigenvalue weighted by molar-refractivity contribution is 5.20. The van der Waals surface area contributed by atoms with E-state index in [1.807, 2.05) is 18.5 Å². The molecule has 0 aliphatic rings. The van der Waals surface area contributed by atoms with Gasteiger partial charge in [-0.15, -0.1) is 0 Å². The number of pyridine rings is 1. The second-order valence-corrected chi connectivity index (χ2v) is 3.72. The molecule has 1 N–H and O–H groups in total. The first-order valence-electron chi connectivity index (χ1n) is 5.43. The van der Waals surface area contributed by atoms with Crippen LogP contribution in [-0.2, 0) is 13.0 Å². The predicted molar refractivity (Wildman–Crippen MR) is 61.2 cm³/mol. The third kappa shape index (κ3) is 2.39. The van der Waals surface area contributed by atoms with Crippen LogP contribution in [0.25, 0.3) is 0 Å². The van der Waals surface area contributed by atoms with E-state index < -0.39 is 0 Å². The fourth-order valence-electron chi connectivity index (χ4n) is 1.63. The quantitative estimate of drug-likeness (QED) is 0.852. The standard InChI is InChI=1S/C12H15N3O/c1-2-6-15-7-5-13-12(15)8-10-3-4-11(16)9-14-10/h3-5,7,9,16H,2,6,8H2,1H3. The molecule has 4 heteroatoms. The topological polar surface area (TPSA) is 50.9 Å². The Morgan fingerprint density at radius 1 is 1.31 bits per heavy atom. The first-order chi connectivity index (χ1) is 7.79. The molecule has 0 aliphatic heterocycles. The number of rotatable bonds is 4. The van der Waals surface area contributed by atoms with Crippen molar-refractivity contribution in [3.63, 3.8) is 0 Å². The number of hydrogen-bond acceptors (Lipinski definition) is 3. The third-order valence-electron chi connectivity index (χ3n) is 2.41. The average Bonchev–Trinajstić information content (AvgIpc) is 2.70. The van der Waals surface area contributed by atoms with Gasteiger partial charge in [0, 0.05) is 31.1 Å². The summed E-state index contributed by atoms with van der Waals surface area (Å²) in [6, 6.07) is 3.47. The van der Waals surface area contributed by atoms with E-state index in [-0.39, 0.29) is 5.75 Å². The van der Waals surface area contributed by atoms with E-state index in [1.165, 1.54) is 6.20 Å². The van der Waals surface area contributed by atoms with Crippen LogP contribution in [0.4, 0.5) is 0 Å². The first kappa shape index (κ1) is 10.7. The van der Waals surface area contributed by atoms with Crippen molar-refractivity contribution < 1.29 is 5.11 Å². The highest BCUT2D eigenvalue weighted by Gasteiger charge is 2.04. The van der Waals surface area contributed by atoms with Gasteiger partial charge >= 0.3 is 0 Å². The summed E-state index contributed by atoms with van der Waals surface area (Å²) < 4.78 is 2.13. The van der Waals surface area contributed by atoms with Crippen molar-refractivity contribution >= 4 is 0 Å². The zero-order valence-corrected chi connectivity index (χ0v) is 9.30. The maximum atomic E-state index is 9.14. The molecule has 0 radical (unpaired) electrons. The van der Waals surface area contributed by atoms with Crippen LogP contribution in [0.2, 0.25) is 0 Å². The SMILES string of the molecule is CCCn1ccnc1Cc1ccc(O)cn1. The molecular weight excluding hydrogens is 202 g/mol. The molecule has 0 aliphatic carbocycles. The summed E-state index contributed by atoms with van der Waals surface area (Å²) in [6.45, 7) is 3.12. The number of imidazole rings is 1. The summed E-state index contributed by atoms with van der Waals surface area (Å²) in [4.78, 5) is 8.46. The molecule has 0 amide bonds. The second kappa shape index (κ2) is 4.79. The largest absolute Gasteiger partial charge is 0.506 e. The molecule has 0 unspecified atom stereocenters. The molecule has 0 saturated carbocycles. The Morgan fingerprint density at radius 2 is 2.19 bits per heavy atom. The van der Waals surface area contributed by atoms with E-state index in [9.17, 15) is 0 Å². The van der Waals surface area contributed by atoms with Gasteiger partial charge in [0.15, 0.2) is 0 Å². The molecule has 2 aromatic heterocycles. The van der Waals surface area contributed by atoms with Gasteiger partial charge in [0.2, 0.25) is 0 Å². The van der Waals surface area contributed by atoms with E-state index >= 15 is 0 Å². The normalized spacial score (nSPS) is 10.6. The van der Waals surface area contributed by atoms with Crippen LogP contribution < -0.4 is 0 Å². The molecule has 16 heavy (non-hydrogen) atoms. The summed E-state index contributed by atoms with van der Waals surface area (Å²) in [5.74, 6) is 1.21. The van der Waals surface area contributed by atoms with Crippen LogP contribution >= 0.6 is 0 Å². The van der Waals surface area contributed by atoms with Crippen LogP contribution in [0.1, 0.15) is 24.9 Å². The molecular formula is C12H15N3O. The minimum absolute atomic E-state index is 0.195. The zero-order valence-electron chi connectivity index (χ0n) is 9.30. The van der Waals surface area contributed by atoms with Gasteiger partial charge in [0.25, 0.3) is 0 Å². The maximum absolute atomic E-state index is 9.14. The first-order valence-corrected chi connectivity index (χ1v) is 5.43. The molecule has 2 rings (SSSR count).